The van der Waals surface area contributed by atoms with Crippen molar-refractivity contribution in [2.24, 2.45) is 0 Å². The van der Waals surface area contributed by atoms with Crippen LogP contribution < -0.4 is 10.6 Å². The molecule has 1 unspecified atom stereocenters. The van der Waals surface area contributed by atoms with Crippen molar-refractivity contribution in [3.05, 3.63) is 34.9 Å². The van der Waals surface area contributed by atoms with E-state index in [1.807, 2.05) is 18.2 Å². The molecule has 0 aromatic heterocycles. The highest BCUT2D eigenvalue weighted by atomic mass is 16.2. The molecule has 3 aliphatic heterocycles. The van der Waals surface area contributed by atoms with Crippen molar-refractivity contribution in [1.82, 2.24) is 25.3 Å². The van der Waals surface area contributed by atoms with Gasteiger partial charge in [0.2, 0.25) is 11.8 Å². The van der Waals surface area contributed by atoms with Crippen LogP contribution in [0.2, 0.25) is 0 Å². The summed E-state index contributed by atoms with van der Waals surface area (Å²) in [4.78, 5) is 43.3. The summed E-state index contributed by atoms with van der Waals surface area (Å²) in [6.45, 7) is 7.57. The fraction of sp³-hybridized carbons (Fsp3) is 0.591. The van der Waals surface area contributed by atoms with Crippen molar-refractivity contribution in [3.8, 4) is 0 Å². The average Bonchev–Trinajstić information content (AvgIpc) is 3.06. The molecule has 0 spiro atoms. The third-order valence-corrected chi connectivity index (χ3v) is 6.30. The van der Waals surface area contributed by atoms with Gasteiger partial charge >= 0.3 is 0 Å². The molecule has 162 valence electrons. The van der Waals surface area contributed by atoms with Gasteiger partial charge in [0, 0.05) is 51.3 Å². The Hall–Kier alpha value is -2.29. The Morgan fingerprint density at radius 3 is 2.73 bits per heavy atom. The summed E-state index contributed by atoms with van der Waals surface area (Å²) in [7, 11) is 2.09. The quantitative estimate of drug-likeness (QED) is 0.620. The number of benzene rings is 1. The van der Waals surface area contributed by atoms with Crippen molar-refractivity contribution < 1.29 is 14.4 Å². The van der Waals surface area contributed by atoms with E-state index < -0.39 is 6.04 Å². The number of hydrogen-bond acceptors (Lipinski definition) is 6. The lowest BCUT2D eigenvalue weighted by Crippen LogP contribution is -2.52. The first kappa shape index (κ1) is 21.0. The second-order valence-electron chi connectivity index (χ2n) is 8.53. The van der Waals surface area contributed by atoms with E-state index in [0.717, 1.165) is 62.4 Å². The van der Waals surface area contributed by atoms with E-state index in [1.165, 1.54) is 0 Å². The molecule has 1 aromatic rings. The van der Waals surface area contributed by atoms with Gasteiger partial charge in [0.1, 0.15) is 6.04 Å². The number of imide groups is 1. The number of nitrogens with one attached hydrogen (secondary N) is 2. The Labute approximate surface area is 177 Å². The normalized spacial score (nSPS) is 22.5. The molecule has 3 amide bonds. The van der Waals surface area contributed by atoms with Gasteiger partial charge in [0.15, 0.2) is 0 Å². The van der Waals surface area contributed by atoms with E-state index in [2.05, 4.69) is 27.5 Å². The maximum atomic E-state index is 13.2. The lowest BCUT2D eigenvalue weighted by Gasteiger charge is -2.29. The molecule has 30 heavy (non-hydrogen) atoms. The topological polar surface area (TPSA) is 85.0 Å². The van der Waals surface area contributed by atoms with Crippen molar-refractivity contribution >= 4 is 17.7 Å². The largest absolute Gasteiger partial charge is 0.322 e. The summed E-state index contributed by atoms with van der Waals surface area (Å²) in [6.07, 6.45) is 1.77. The number of rotatable bonds is 7. The van der Waals surface area contributed by atoms with E-state index in [9.17, 15) is 14.4 Å². The molecular formula is C22H31N5O3. The summed E-state index contributed by atoms with van der Waals surface area (Å²) < 4.78 is 0. The van der Waals surface area contributed by atoms with Crippen molar-refractivity contribution in [3.63, 3.8) is 0 Å². The van der Waals surface area contributed by atoms with Crippen molar-refractivity contribution in [2.45, 2.75) is 38.4 Å². The van der Waals surface area contributed by atoms with Crippen LogP contribution in [0.3, 0.4) is 0 Å². The average molecular weight is 414 g/mol. The standard InChI is InChI=1S/C22H31N5O3/c1-25(10-3-11-26-12-8-23-9-13-26)14-16-4-2-5-17-15-27(22(30)20(16)17)18-6-7-19(28)24-21(18)29/h2,4-5,18,23H,3,6-15H2,1H3,(H,24,28,29). The lowest BCUT2D eigenvalue weighted by molar-refractivity contribution is -0.136. The van der Waals surface area contributed by atoms with Crippen LogP contribution in [0, 0.1) is 0 Å². The van der Waals surface area contributed by atoms with Crippen molar-refractivity contribution in [1.29, 1.82) is 0 Å². The first-order valence-electron chi connectivity index (χ1n) is 10.9. The van der Waals surface area contributed by atoms with E-state index in [4.69, 9.17) is 0 Å². The Morgan fingerprint density at radius 2 is 1.97 bits per heavy atom. The fourth-order valence-electron chi connectivity index (χ4n) is 4.69. The number of nitrogens with zero attached hydrogens (tertiary/aromatic N) is 3. The highest BCUT2D eigenvalue weighted by Gasteiger charge is 2.39. The molecule has 2 fully saturated rings. The van der Waals surface area contributed by atoms with Crippen LogP contribution in [0.25, 0.3) is 0 Å². The molecule has 3 aliphatic rings. The van der Waals surface area contributed by atoms with Gasteiger partial charge in [-0.25, -0.2) is 0 Å². The van der Waals surface area contributed by atoms with Crippen LogP contribution in [-0.4, -0.2) is 84.8 Å². The van der Waals surface area contributed by atoms with Gasteiger partial charge in [-0.2, -0.15) is 0 Å². The highest BCUT2D eigenvalue weighted by molar-refractivity contribution is 6.05. The maximum Gasteiger partial charge on any atom is 0.255 e. The number of piperazine rings is 1. The van der Waals surface area contributed by atoms with Gasteiger partial charge < -0.3 is 20.0 Å². The SMILES string of the molecule is CN(CCCN1CCNCC1)Cc1cccc2c1C(=O)N(C1CCC(=O)NC1=O)C2. The molecule has 8 nitrogen and oxygen atoms in total. The van der Waals surface area contributed by atoms with E-state index in [-0.39, 0.29) is 24.1 Å². The van der Waals surface area contributed by atoms with Gasteiger partial charge in [-0.1, -0.05) is 18.2 Å². The van der Waals surface area contributed by atoms with Crippen molar-refractivity contribution in [2.75, 3.05) is 46.3 Å². The van der Waals surface area contributed by atoms with Gasteiger partial charge in [0.05, 0.1) is 0 Å². The monoisotopic (exact) mass is 413 g/mol. The van der Waals surface area contributed by atoms with E-state index in [0.29, 0.717) is 19.5 Å². The minimum absolute atomic E-state index is 0.0932. The Bertz CT molecular complexity index is 821. The molecule has 1 aromatic carbocycles. The lowest BCUT2D eigenvalue weighted by atomic mass is 10.0. The molecule has 2 N–H and O–H groups in total. The number of carbonyl (C=O) groups excluding carboxylic acids is 3. The van der Waals surface area contributed by atoms with Gasteiger partial charge in [-0.15, -0.1) is 0 Å². The Balaban J connectivity index is 1.36. The second kappa shape index (κ2) is 9.24. The minimum atomic E-state index is -0.563. The predicted molar refractivity (Wildman–Crippen MR) is 113 cm³/mol. The Kier molecular flexibility index (Phi) is 6.46. The zero-order valence-corrected chi connectivity index (χ0v) is 17.7. The molecule has 4 rings (SSSR count). The third kappa shape index (κ3) is 4.55. The third-order valence-electron chi connectivity index (χ3n) is 6.30. The van der Waals surface area contributed by atoms with Crippen LogP contribution in [0.4, 0.5) is 0 Å². The summed E-state index contributed by atoms with van der Waals surface area (Å²) in [5.41, 5.74) is 2.71. The number of amides is 3. The molecule has 1 atom stereocenters. The van der Waals surface area contributed by atoms with Crippen LogP contribution in [-0.2, 0) is 22.7 Å². The smallest absolute Gasteiger partial charge is 0.255 e. The van der Waals surface area contributed by atoms with Gasteiger partial charge in [-0.05, 0) is 44.1 Å². The number of carbonyl (C=O) groups is 3. The van der Waals surface area contributed by atoms with E-state index in [1.54, 1.807) is 4.90 Å². The number of fused-ring (bicyclic) bond motifs is 1. The minimum Gasteiger partial charge on any atom is -0.322 e. The van der Waals surface area contributed by atoms with E-state index >= 15 is 0 Å². The molecule has 8 heteroatoms. The highest BCUT2D eigenvalue weighted by Crippen LogP contribution is 2.30. The van der Waals surface area contributed by atoms with Crippen LogP contribution in [0.1, 0.15) is 40.7 Å². The fourth-order valence-corrected chi connectivity index (χ4v) is 4.69. The van der Waals surface area contributed by atoms with Gasteiger partial charge in [0.25, 0.3) is 5.91 Å². The molecule has 0 aliphatic carbocycles. The number of hydrogen-bond donors (Lipinski definition) is 2. The molecule has 3 heterocycles. The molecular weight excluding hydrogens is 382 g/mol. The first-order chi connectivity index (χ1) is 14.5. The maximum absolute atomic E-state index is 13.2. The summed E-state index contributed by atoms with van der Waals surface area (Å²) in [5, 5.41) is 5.74. The van der Waals surface area contributed by atoms with Crippen LogP contribution in [0.5, 0.6) is 0 Å². The first-order valence-corrected chi connectivity index (χ1v) is 10.9. The predicted octanol–water partition coefficient (Wildman–Crippen LogP) is 0.175. The zero-order valence-electron chi connectivity index (χ0n) is 17.7. The summed E-state index contributed by atoms with van der Waals surface area (Å²) in [5.74, 6) is -0.716. The molecule has 0 radical (unpaired) electrons. The zero-order chi connectivity index (χ0) is 21.1. The van der Waals surface area contributed by atoms with Gasteiger partial charge in [-0.3, -0.25) is 19.7 Å². The summed E-state index contributed by atoms with van der Waals surface area (Å²) in [6, 6.07) is 5.40. The van der Waals surface area contributed by atoms with Crippen LogP contribution >= 0.6 is 0 Å². The Morgan fingerprint density at radius 1 is 1.17 bits per heavy atom. The number of piperidine rings is 1. The summed E-state index contributed by atoms with van der Waals surface area (Å²) >= 11 is 0. The molecule has 0 bridgehead atoms. The second-order valence-corrected chi connectivity index (χ2v) is 8.53. The van der Waals surface area contributed by atoms with Crippen LogP contribution in [0.15, 0.2) is 18.2 Å². The molecule has 2 saturated heterocycles. The molecule has 0 saturated carbocycles.